The molecule has 98 valence electrons. The number of amides is 2. The summed E-state index contributed by atoms with van der Waals surface area (Å²) in [5.74, 6) is -0.328. The Morgan fingerprint density at radius 2 is 2.11 bits per heavy atom. The number of carbonyl (C=O) groups is 2. The Bertz CT molecular complexity index is 476. The largest absolute Gasteiger partial charge is 0.478 e. The molecule has 1 rings (SSSR count). The van der Waals surface area contributed by atoms with E-state index in [0.29, 0.717) is 18.1 Å². The van der Waals surface area contributed by atoms with Gasteiger partial charge in [-0.3, -0.25) is 0 Å². The molecule has 3 N–H and O–H groups in total. The van der Waals surface area contributed by atoms with Gasteiger partial charge < -0.3 is 20.2 Å². The van der Waals surface area contributed by atoms with Gasteiger partial charge in [0.1, 0.15) is 17.1 Å². The van der Waals surface area contributed by atoms with E-state index in [1.807, 2.05) is 0 Å². The summed E-state index contributed by atoms with van der Waals surface area (Å²) in [5, 5.41) is 14.0. The molecule has 0 saturated heterocycles. The van der Waals surface area contributed by atoms with Gasteiger partial charge in [-0.2, -0.15) is 0 Å². The van der Waals surface area contributed by atoms with E-state index in [9.17, 15) is 9.59 Å². The number of hydrogen-bond donors (Lipinski definition) is 3. The molecular formula is C12H16N2O4. The number of carbonyl (C=O) groups excluding carboxylic acids is 1. The molecule has 0 bridgehead atoms. The van der Waals surface area contributed by atoms with E-state index in [1.54, 1.807) is 13.8 Å². The zero-order valence-corrected chi connectivity index (χ0v) is 10.4. The predicted molar refractivity (Wildman–Crippen MR) is 65.5 cm³/mol. The highest BCUT2D eigenvalue weighted by atomic mass is 16.4. The lowest BCUT2D eigenvalue weighted by atomic mass is 10.2. The van der Waals surface area contributed by atoms with Crippen LogP contribution < -0.4 is 10.6 Å². The number of furan rings is 1. The minimum Gasteiger partial charge on any atom is -0.478 e. The van der Waals surface area contributed by atoms with Gasteiger partial charge in [0.2, 0.25) is 0 Å². The number of urea groups is 1. The summed E-state index contributed by atoms with van der Waals surface area (Å²) in [6, 6.07) is 1.04. The maximum atomic E-state index is 11.3. The van der Waals surface area contributed by atoms with Crippen LogP contribution >= 0.6 is 0 Å². The summed E-state index contributed by atoms with van der Waals surface area (Å²) in [6.45, 7) is 7.55. The lowest BCUT2D eigenvalue weighted by Crippen LogP contribution is -2.35. The van der Waals surface area contributed by atoms with Crippen molar-refractivity contribution in [3.8, 4) is 0 Å². The van der Waals surface area contributed by atoms with Crippen molar-refractivity contribution in [3.63, 3.8) is 0 Å². The minimum absolute atomic E-state index is 0.106. The van der Waals surface area contributed by atoms with Crippen LogP contribution in [0.25, 0.3) is 0 Å². The standard InChI is InChI=1S/C12H16N2O4/c1-7(2)5-13-12(17)14-6-9-4-10(11(15)16)8(3)18-9/h4H,1,5-6H2,2-3H3,(H,15,16)(H2,13,14,17). The van der Waals surface area contributed by atoms with Gasteiger partial charge >= 0.3 is 12.0 Å². The molecule has 0 aliphatic rings. The van der Waals surface area contributed by atoms with Gasteiger partial charge in [0, 0.05) is 6.54 Å². The summed E-state index contributed by atoms with van der Waals surface area (Å²) in [4.78, 5) is 22.1. The molecule has 0 aromatic carbocycles. The van der Waals surface area contributed by atoms with Gasteiger partial charge in [0.05, 0.1) is 6.54 Å². The van der Waals surface area contributed by atoms with E-state index in [0.717, 1.165) is 5.57 Å². The molecule has 0 aliphatic carbocycles. The predicted octanol–water partition coefficient (Wildman–Crippen LogP) is 1.66. The van der Waals surface area contributed by atoms with Crippen molar-refractivity contribution in [3.05, 3.63) is 35.3 Å². The first-order chi connectivity index (χ1) is 8.40. The molecular weight excluding hydrogens is 236 g/mol. The molecule has 6 nitrogen and oxygen atoms in total. The molecule has 18 heavy (non-hydrogen) atoms. The van der Waals surface area contributed by atoms with E-state index in [4.69, 9.17) is 9.52 Å². The monoisotopic (exact) mass is 252 g/mol. The van der Waals surface area contributed by atoms with E-state index in [2.05, 4.69) is 17.2 Å². The Hall–Kier alpha value is -2.24. The van der Waals surface area contributed by atoms with Crippen molar-refractivity contribution in [2.75, 3.05) is 6.54 Å². The Balaban J connectivity index is 2.48. The van der Waals surface area contributed by atoms with Crippen molar-refractivity contribution < 1.29 is 19.1 Å². The van der Waals surface area contributed by atoms with Crippen LogP contribution in [0.15, 0.2) is 22.6 Å². The van der Waals surface area contributed by atoms with E-state index < -0.39 is 5.97 Å². The lowest BCUT2D eigenvalue weighted by molar-refractivity contribution is 0.0695. The second-order valence-electron chi connectivity index (χ2n) is 3.98. The molecule has 6 heteroatoms. The zero-order chi connectivity index (χ0) is 13.7. The van der Waals surface area contributed by atoms with E-state index in [-0.39, 0.29) is 18.1 Å². The fourth-order valence-electron chi connectivity index (χ4n) is 1.30. The smallest absolute Gasteiger partial charge is 0.339 e. The first-order valence-corrected chi connectivity index (χ1v) is 5.39. The second-order valence-corrected chi connectivity index (χ2v) is 3.98. The third-order valence-electron chi connectivity index (χ3n) is 2.17. The normalized spacial score (nSPS) is 9.89. The molecule has 0 atom stereocenters. The lowest BCUT2D eigenvalue weighted by Gasteiger charge is -2.05. The first kappa shape index (κ1) is 13.8. The van der Waals surface area contributed by atoms with Gasteiger partial charge in [0.25, 0.3) is 0 Å². The maximum Gasteiger partial charge on any atom is 0.339 e. The summed E-state index contributed by atoms with van der Waals surface area (Å²) in [5.41, 5.74) is 0.946. The SMILES string of the molecule is C=C(C)CNC(=O)NCc1cc(C(=O)O)c(C)o1. The van der Waals surface area contributed by atoms with Gasteiger partial charge in [-0.1, -0.05) is 12.2 Å². The minimum atomic E-state index is -1.05. The summed E-state index contributed by atoms with van der Waals surface area (Å²) in [6.07, 6.45) is 0. The van der Waals surface area contributed by atoms with Crippen LogP contribution in [-0.4, -0.2) is 23.7 Å². The van der Waals surface area contributed by atoms with Gasteiger partial charge in [-0.05, 0) is 19.9 Å². The molecule has 1 aromatic heterocycles. The second kappa shape index (κ2) is 5.90. The van der Waals surface area contributed by atoms with Crippen LogP contribution in [0.4, 0.5) is 4.79 Å². The summed E-state index contributed by atoms with van der Waals surface area (Å²) in [7, 11) is 0. The fourth-order valence-corrected chi connectivity index (χ4v) is 1.30. The Labute approximate surface area is 105 Å². The number of rotatable bonds is 5. The van der Waals surface area contributed by atoms with Gasteiger partial charge in [0.15, 0.2) is 0 Å². The van der Waals surface area contributed by atoms with Crippen LogP contribution in [0.1, 0.15) is 28.8 Å². The van der Waals surface area contributed by atoms with Gasteiger partial charge in [-0.15, -0.1) is 0 Å². The van der Waals surface area contributed by atoms with E-state index >= 15 is 0 Å². The van der Waals surface area contributed by atoms with Crippen LogP contribution in [-0.2, 0) is 6.54 Å². The fraction of sp³-hybridized carbons (Fsp3) is 0.333. The highest BCUT2D eigenvalue weighted by Gasteiger charge is 2.13. The Kier molecular flexibility index (Phi) is 4.53. The molecule has 0 unspecified atom stereocenters. The molecule has 0 saturated carbocycles. The number of aryl methyl sites for hydroxylation is 1. The maximum absolute atomic E-state index is 11.3. The molecule has 2 amide bonds. The quantitative estimate of drug-likeness (QED) is 0.695. The van der Waals surface area contributed by atoms with Crippen molar-refractivity contribution in [2.24, 2.45) is 0 Å². The van der Waals surface area contributed by atoms with E-state index in [1.165, 1.54) is 6.07 Å². The highest BCUT2D eigenvalue weighted by Crippen LogP contribution is 2.14. The molecule has 1 aromatic rings. The van der Waals surface area contributed by atoms with Crippen LogP contribution in [0, 0.1) is 6.92 Å². The summed E-state index contributed by atoms with van der Waals surface area (Å²) >= 11 is 0. The Morgan fingerprint density at radius 3 is 2.61 bits per heavy atom. The Morgan fingerprint density at radius 1 is 1.44 bits per heavy atom. The van der Waals surface area contributed by atoms with Crippen molar-refractivity contribution >= 4 is 12.0 Å². The number of carboxylic acid groups (broad SMARTS) is 1. The third kappa shape index (κ3) is 3.97. The zero-order valence-electron chi connectivity index (χ0n) is 10.4. The topological polar surface area (TPSA) is 91.6 Å². The van der Waals surface area contributed by atoms with Crippen molar-refractivity contribution in [1.82, 2.24) is 10.6 Å². The highest BCUT2D eigenvalue weighted by molar-refractivity contribution is 5.88. The van der Waals surface area contributed by atoms with Crippen LogP contribution in [0.5, 0.6) is 0 Å². The first-order valence-electron chi connectivity index (χ1n) is 5.39. The molecule has 1 heterocycles. The molecule has 0 aliphatic heterocycles. The molecule has 0 radical (unpaired) electrons. The number of carboxylic acids is 1. The third-order valence-corrected chi connectivity index (χ3v) is 2.17. The average Bonchev–Trinajstić information content (AvgIpc) is 2.65. The van der Waals surface area contributed by atoms with Crippen molar-refractivity contribution in [1.29, 1.82) is 0 Å². The van der Waals surface area contributed by atoms with Gasteiger partial charge in [-0.25, -0.2) is 9.59 Å². The number of nitrogens with one attached hydrogen (secondary N) is 2. The average molecular weight is 252 g/mol. The number of hydrogen-bond acceptors (Lipinski definition) is 3. The van der Waals surface area contributed by atoms with Crippen molar-refractivity contribution in [2.45, 2.75) is 20.4 Å². The number of aromatic carboxylic acids is 1. The summed E-state index contributed by atoms with van der Waals surface area (Å²) < 4.78 is 5.21. The van der Waals surface area contributed by atoms with Crippen LogP contribution in [0.3, 0.4) is 0 Å². The molecule has 0 fully saturated rings. The molecule has 0 spiro atoms. The van der Waals surface area contributed by atoms with Crippen LogP contribution in [0.2, 0.25) is 0 Å².